The smallest absolute Gasteiger partial charge is 0.231 e. The van der Waals surface area contributed by atoms with E-state index in [0.29, 0.717) is 39.3 Å². The van der Waals surface area contributed by atoms with Gasteiger partial charge in [0, 0.05) is 58.9 Å². The Morgan fingerprint density at radius 3 is 1.59 bits per heavy atom. The van der Waals surface area contributed by atoms with Crippen LogP contribution < -0.4 is 11.1 Å². The second-order valence-electron chi connectivity index (χ2n) is 7.25. The molecular formula is C16H37B4FN8. The SMILES string of the molecule is [B]N(C)CCN(CCN([B])CCNC)CCN([B])CCN(CCN)CCN([B])F. The first kappa shape index (κ1) is 28.9. The summed E-state index contributed by atoms with van der Waals surface area (Å²) in [6.45, 7) is 9.54. The number of nitrogens with one attached hydrogen (secondary N) is 1. The lowest BCUT2D eigenvalue weighted by Gasteiger charge is -2.30. The molecule has 0 rings (SSSR count). The molecule has 0 fully saturated rings. The third kappa shape index (κ3) is 18.4. The van der Waals surface area contributed by atoms with E-state index in [0.717, 1.165) is 45.8 Å². The van der Waals surface area contributed by atoms with E-state index in [1.54, 1.807) is 9.62 Å². The zero-order valence-corrected chi connectivity index (χ0v) is 18.3. The van der Waals surface area contributed by atoms with Crippen LogP contribution in [0.15, 0.2) is 0 Å². The molecule has 29 heavy (non-hydrogen) atoms. The average molecular weight is 404 g/mol. The van der Waals surface area contributed by atoms with Gasteiger partial charge in [-0.2, -0.15) is 0 Å². The average Bonchev–Trinajstić information content (AvgIpc) is 2.67. The van der Waals surface area contributed by atoms with Gasteiger partial charge in [0.25, 0.3) is 0 Å². The summed E-state index contributed by atoms with van der Waals surface area (Å²) in [5.74, 6) is 0. The highest BCUT2D eigenvalue weighted by Crippen LogP contribution is 1.95. The maximum Gasteiger partial charge on any atom is 0.231 e. The number of nitrogens with two attached hydrogens (primary N) is 1. The van der Waals surface area contributed by atoms with Crippen molar-refractivity contribution in [1.29, 1.82) is 0 Å². The minimum absolute atomic E-state index is 0.133. The molecular weight excluding hydrogens is 366 g/mol. The molecule has 0 aromatic heterocycles. The fourth-order valence-corrected chi connectivity index (χ4v) is 2.68. The first-order chi connectivity index (χ1) is 13.8. The van der Waals surface area contributed by atoms with Gasteiger partial charge in [-0.1, -0.05) is 0 Å². The van der Waals surface area contributed by atoms with Crippen LogP contribution in [-0.4, -0.2) is 167 Å². The number of rotatable bonds is 20. The molecule has 160 valence electrons. The van der Waals surface area contributed by atoms with Crippen LogP contribution in [0.25, 0.3) is 0 Å². The summed E-state index contributed by atoms with van der Waals surface area (Å²) in [6, 6.07) is 0. The molecule has 0 aromatic rings. The molecule has 13 heteroatoms. The van der Waals surface area contributed by atoms with Gasteiger partial charge in [0.15, 0.2) is 23.9 Å². The van der Waals surface area contributed by atoms with Gasteiger partial charge in [0.2, 0.25) is 7.98 Å². The molecule has 0 atom stereocenters. The van der Waals surface area contributed by atoms with E-state index in [4.69, 9.17) is 37.7 Å². The lowest BCUT2D eigenvalue weighted by Crippen LogP contribution is -2.44. The summed E-state index contributed by atoms with van der Waals surface area (Å²) in [7, 11) is 26.7. The van der Waals surface area contributed by atoms with Crippen molar-refractivity contribution in [2.45, 2.75) is 0 Å². The second-order valence-corrected chi connectivity index (χ2v) is 7.25. The molecule has 0 aliphatic carbocycles. The summed E-state index contributed by atoms with van der Waals surface area (Å²) >= 11 is 0. The quantitative estimate of drug-likeness (QED) is 0.163. The molecule has 8 nitrogen and oxygen atoms in total. The molecule has 0 spiro atoms. The highest BCUT2D eigenvalue weighted by molar-refractivity contribution is 6.04. The minimum Gasteiger partial charge on any atom is -0.355 e. The van der Waals surface area contributed by atoms with Crippen LogP contribution in [0.2, 0.25) is 0 Å². The lowest BCUT2D eigenvalue weighted by molar-refractivity contribution is 0.120. The molecule has 0 saturated carbocycles. The number of nitrogens with zero attached hydrogens (tertiary/aromatic N) is 6. The number of halogens is 1. The fourth-order valence-electron chi connectivity index (χ4n) is 2.68. The Labute approximate surface area is 182 Å². The summed E-state index contributed by atoms with van der Waals surface area (Å²) < 4.78 is 12.7. The molecule has 0 aliphatic heterocycles. The van der Waals surface area contributed by atoms with Crippen LogP contribution >= 0.6 is 0 Å². The van der Waals surface area contributed by atoms with Crippen molar-refractivity contribution in [3.05, 3.63) is 0 Å². The highest BCUT2D eigenvalue weighted by atomic mass is 19.2. The topological polar surface area (TPSA) is 57.5 Å². The predicted molar refractivity (Wildman–Crippen MR) is 122 cm³/mol. The van der Waals surface area contributed by atoms with Crippen molar-refractivity contribution < 1.29 is 4.48 Å². The van der Waals surface area contributed by atoms with Crippen LogP contribution in [0.4, 0.5) is 4.48 Å². The summed E-state index contributed by atoms with van der Waals surface area (Å²) in [6.07, 6.45) is 0. The van der Waals surface area contributed by atoms with Crippen LogP contribution in [0.3, 0.4) is 0 Å². The van der Waals surface area contributed by atoms with E-state index in [2.05, 4.69) is 15.1 Å². The zero-order chi connectivity index (χ0) is 22.1. The first-order valence-electron chi connectivity index (χ1n) is 10.2. The van der Waals surface area contributed by atoms with Crippen molar-refractivity contribution in [2.24, 2.45) is 5.73 Å². The van der Waals surface area contributed by atoms with E-state index in [1.807, 2.05) is 18.9 Å². The Hall–Kier alpha value is -0.130. The van der Waals surface area contributed by atoms with Crippen molar-refractivity contribution in [3.8, 4) is 0 Å². The Kier molecular flexibility index (Phi) is 18.5. The van der Waals surface area contributed by atoms with Crippen molar-refractivity contribution >= 4 is 31.9 Å². The lowest BCUT2D eigenvalue weighted by atomic mass is 10.2. The van der Waals surface area contributed by atoms with Gasteiger partial charge in [-0.05, 0) is 46.8 Å². The highest BCUT2D eigenvalue weighted by Gasteiger charge is 2.10. The molecule has 0 unspecified atom stereocenters. The van der Waals surface area contributed by atoms with Crippen molar-refractivity contribution in [2.75, 3.05) is 106 Å². The maximum absolute atomic E-state index is 12.7. The summed E-state index contributed by atoms with van der Waals surface area (Å²) in [4.78, 5) is 9.61. The Morgan fingerprint density at radius 2 is 1.14 bits per heavy atom. The normalized spacial score (nSPS) is 12.5. The van der Waals surface area contributed by atoms with Gasteiger partial charge in [0.1, 0.15) is 0 Å². The molecule has 0 saturated heterocycles. The third-order valence-corrected chi connectivity index (χ3v) is 4.60. The largest absolute Gasteiger partial charge is 0.355 e. The van der Waals surface area contributed by atoms with E-state index in [1.165, 1.54) is 0 Å². The van der Waals surface area contributed by atoms with Crippen LogP contribution in [-0.2, 0) is 0 Å². The Balaban J connectivity index is 4.33. The zero-order valence-electron chi connectivity index (χ0n) is 18.3. The molecule has 0 heterocycles. The van der Waals surface area contributed by atoms with Gasteiger partial charge < -0.3 is 25.5 Å². The number of likely N-dealkylation sites (N-methyl/N-ethyl adjacent to an activating group) is 2. The molecule has 0 aliphatic rings. The first-order valence-corrected chi connectivity index (χ1v) is 10.2. The molecule has 0 aromatic carbocycles. The molecule has 8 radical (unpaired) electrons. The summed E-state index contributed by atoms with van der Waals surface area (Å²) in [5, 5.41) is 3.28. The number of hydrogen-bond donors (Lipinski definition) is 2. The maximum atomic E-state index is 12.7. The van der Waals surface area contributed by atoms with Crippen LogP contribution in [0, 0.1) is 0 Å². The van der Waals surface area contributed by atoms with E-state index >= 15 is 0 Å². The van der Waals surface area contributed by atoms with Crippen molar-refractivity contribution in [1.82, 2.24) is 34.6 Å². The van der Waals surface area contributed by atoms with Gasteiger partial charge in [-0.3, -0.25) is 9.80 Å². The molecule has 0 amide bonds. The monoisotopic (exact) mass is 404 g/mol. The Bertz CT molecular complexity index is 374. The minimum atomic E-state index is 0.133. The number of hydrogen-bond acceptors (Lipinski definition) is 8. The fraction of sp³-hybridized carbons (Fsp3) is 1.00. The standard InChI is InChI=1S/C16H37B4FN8/c1-23-4-6-27(18)13-10-26(8-7-24(2)17)11-15-28(19)14-9-25(5-3-22)12-16-29(20)21/h23H,3-16,22H2,1-2H3. The third-order valence-electron chi connectivity index (χ3n) is 4.60. The van der Waals surface area contributed by atoms with E-state index in [-0.39, 0.29) is 11.6 Å². The van der Waals surface area contributed by atoms with Gasteiger partial charge >= 0.3 is 0 Å². The van der Waals surface area contributed by atoms with Crippen LogP contribution in [0.5, 0.6) is 0 Å². The second kappa shape index (κ2) is 18.6. The van der Waals surface area contributed by atoms with E-state index < -0.39 is 0 Å². The van der Waals surface area contributed by atoms with Crippen molar-refractivity contribution in [3.63, 3.8) is 0 Å². The Morgan fingerprint density at radius 1 is 0.690 bits per heavy atom. The predicted octanol–water partition coefficient (Wildman–Crippen LogP) is -3.18. The van der Waals surface area contributed by atoms with Gasteiger partial charge in [-0.15, -0.1) is 4.48 Å². The molecule has 0 bridgehead atoms. The summed E-state index contributed by atoms with van der Waals surface area (Å²) in [5.41, 5.74) is 5.62. The van der Waals surface area contributed by atoms with Gasteiger partial charge in [0.05, 0.1) is 0 Å². The van der Waals surface area contributed by atoms with Crippen LogP contribution in [0.1, 0.15) is 0 Å². The van der Waals surface area contributed by atoms with Gasteiger partial charge in [-0.25, -0.2) is 5.03 Å². The molecule has 3 N–H and O–H groups in total. The van der Waals surface area contributed by atoms with E-state index in [9.17, 15) is 4.48 Å².